The van der Waals surface area contributed by atoms with E-state index in [4.69, 9.17) is 9.47 Å². The molecular weight excluding hydrogens is 439 g/mol. The summed E-state index contributed by atoms with van der Waals surface area (Å²) in [5.74, 6) is 1.53. The number of nitrogens with zero attached hydrogens (tertiary/aromatic N) is 1. The van der Waals surface area contributed by atoms with Gasteiger partial charge >= 0.3 is 0 Å². The van der Waals surface area contributed by atoms with E-state index in [1.807, 2.05) is 24.3 Å². The summed E-state index contributed by atoms with van der Waals surface area (Å²) in [6.45, 7) is 3.16. The Hall–Kier alpha value is -0.980. The van der Waals surface area contributed by atoms with Gasteiger partial charge in [0, 0.05) is 29.7 Å². The third-order valence-electron chi connectivity index (χ3n) is 3.59. The van der Waals surface area contributed by atoms with Crippen molar-refractivity contribution >= 4 is 40.7 Å². The summed E-state index contributed by atoms with van der Waals surface area (Å²) in [6, 6.07) is 14.2. The van der Waals surface area contributed by atoms with Crippen molar-refractivity contribution in [1.82, 2.24) is 10.2 Å². The molecule has 0 aliphatic rings. The molecule has 0 atom stereocenters. The molecule has 2 aromatic carbocycles. The van der Waals surface area contributed by atoms with E-state index in [2.05, 4.69) is 58.4 Å². The molecule has 146 valence electrons. The maximum Gasteiger partial charge on any atom is 0.166 e. The largest absolute Gasteiger partial charge is 0.493 e. The van der Waals surface area contributed by atoms with Crippen LogP contribution in [0.25, 0.3) is 0 Å². The van der Waals surface area contributed by atoms with E-state index in [9.17, 15) is 0 Å². The van der Waals surface area contributed by atoms with E-state index in [-0.39, 0.29) is 24.8 Å². The van der Waals surface area contributed by atoms with E-state index < -0.39 is 0 Å². The summed E-state index contributed by atoms with van der Waals surface area (Å²) >= 11 is 3.54. The summed E-state index contributed by atoms with van der Waals surface area (Å²) < 4.78 is 12.6. The lowest BCUT2D eigenvalue weighted by Crippen LogP contribution is -2.26. The fourth-order valence-corrected chi connectivity index (χ4v) is 2.81. The number of benzene rings is 2. The van der Waals surface area contributed by atoms with Gasteiger partial charge < -0.3 is 19.7 Å². The molecule has 0 aliphatic heterocycles. The van der Waals surface area contributed by atoms with Gasteiger partial charge in [-0.1, -0.05) is 46.3 Å². The van der Waals surface area contributed by atoms with E-state index in [1.165, 1.54) is 0 Å². The first-order valence-electron chi connectivity index (χ1n) is 7.98. The number of hydrogen-bond acceptors (Lipinski definition) is 4. The predicted molar refractivity (Wildman–Crippen MR) is 116 cm³/mol. The zero-order valence-corrected chi connectivity index (χ0v) is 18.5. The molecule has 1 N–H and O–H groups in total. The fraction of sp³-hybridized carbons (Fsp3) is 0.368. The average Bonchev–Trinajstić information content (AvgIpc) is 2.58. The first kappa shape index (κ1) is 25.0. The summed E-state index contributed by atoms with van der Waals surface area (Å²) in [5.41, 5.74) is 2.21. The van der Waals surface area contributed by atoms with Crippen LogP contribution in [0.1, 0.15) is 11.1 Å². The van der Waals surface area contributed by atoms with Crippen LogP contribution in [0.3, 0.4) is 0 Å². The minimum atomic E-state index is 0. The van der Waals surface area contributed by atoms with Crippen LogP contribution in [0.15, 0.2) is 46.9 Å². The molecule has 2 aromatic rings. The Morgan fingerprint density at radius 3 is 2.38 bits per heavy atom. The molecule has 0 aliphatic carbocycles. The van der Waals surface area contributed by atoms with Crippen LogP contribution in [-0.4, -0.2) is 39.2 Å². The Morgan fingerprint density at radius 1 is 1.08 bits per heavy atom. The molecule has 0 aromatic heterocycles. The van der Waals surface area contributed by atoms with Crippen LogP contribution in [0.5, 0.6) is 11.5 Å². The summed E-state index contributed by atoms with van der Waals surface area (Å²) in [7, 11) is 5.80. The van der Waals surface area contributed by atoms with Gasteiger partial charge in [0.15, 0.2) is 11.5 Å². The Kier molecular flexibility index (Phi) is 12.7. The molecule has 4 nitrogen and oxygen atoms in total. The highest BCUT2D eigenvalue weighted by Crippen LogP contribution is 2.35. The van der Waals surface area contributed by atoms with Crippen molar-refractivity contribution in [1.29, 1.82) is 0 Å². The van der Waals surface area contributed by atoms with Gasteiger partial charge in [-0.3, -0.25) is 0 Å². The second kappa shape index (κ2) is 13.2. The second-order valence-electron chi connectivity index (χ2n) is 5.85. The highest BCUT2D eigenvalue weighted by Gasteiger charge is 2.13. The molecule has 0 spiro atoms. The minimum Gasteiger partial charge on any atom is -0.493 e. The standard InChI is InChI=1S/C19H25BrN2O2.2ClH/c1-22(2)10-9-21-13-16-11-17(20)12-18(23-3)19(16)24-14-15-7-5-4-6-8-15;;/h4-8,11-12,21H,9-10,13-14H2,1-3H3;2*1H. The second-order valence-corrected chi connectivity index (χ2v) is 6.77. The van der Waals surface area contributed by atoms with Crippen molar-refractivity contribution in [2.24, 2.45) is 0 Å². The summed E-state index contributed by atoms with van der Waals surface area (Å²) in [6.07, 6.45) is 0. The number of nitrogens with one attached hydrogen (secondary N) is 1. The lowest BCUT2D eigenvalue weighted by Gasteiger charge is -2.17. The molecule has 0 saturated carbocycles. The third-order valence-corrected chi connectivity index (χ3v) is 4.05. The van der Waals surface area contributed by atoms with Crippen molar-refractivity contribution in [3.8, 4) is 11.5 Å². The SMILES string of the molecule is COc1cc(Br)cc(CNCCN(C)C)c1OCc1ccccc1.Cl.Cl. The van der Waals surface area contributed by atoms with Crippen molar-refractivity contribution < 1.29 is 9.47 Å². The summed E-state index contributed by atoms with van der Waals surface area (Å²) in [4.78, 5) is 2.15. The van der Waals surface area contributed by atoms with Crippen molar-refractivity contribution in [3.63, 3.8) is 0 Å². The third kappa shape index (κ3) is 8.14. The lowest BCUT2D eigenvalue weighted by atomic mass is 10.1. The zero-order chi connectivity index (χ0) is 17.4. The van der Waals surface area contributed by atoms with Crippen LogP contribution in [0.4, 0.5) is 0 Å². The van der Waals surface area contributed by atoms with Gasteiger partial charge in [-0.05, 0) is 31.8 Å². The van der Waals surface area contributed by atoms with Gasteiger partial charge in [-0.2, -0.15) is 0 Å². The number of rotatable bonds is 9. The Balaban J connectivity index is 0.00000312. The highest BCUT2D eigenvalue weighted by atomic mass is 79.9. The molecule has 2 rings (SSSR count). The Bertz CT molecular complexity index is 643. The first-order chi connectivity index (χ1) is 11.6. The van der Waals surface area contributed by atoms with Gasteiger partial charge in [0.2, 0.25) is 0 Å². The topological polar surface area (TPSA) is 33.7 Å². The van der Waals surface area contributed by atoms with Crippen LogP contribution in [0, 0.1) is 0 Å². The van der Waals surface area contributed by atoms with Gasteiger partial charge in [-0.25, -0.2) is 0 Å². The molecule has 26 heavy (non-hydrogen) atoms. The Morgan fingerprint density at radius 2 is 1.77 bits per heavy atom. The molecular formula is C19H27BrCl2N2O2. The van der Waals surface area contributed by atoms with Crippen LogP contribution in [-0.2, 0) is 13.2 Å². The number of ether oxygens (including phenoxy) is 2. The number of likely N-dealkylation sites (N-methyl/N-ethyl adjacent to an activating group) is 1. The van der Waals surface area contributed by atoms with Crippen molar-refractivity contribution in [2.45, 2.75) is 13.2 Å². The van der Waals surface area contributed by atoms with Crippen molar-refractivity contribution in [2.75, 3.05) is 34.3 Å². The molecule has 0 amide bonds. The monoisotopic (exact) mass is 464 g/mol. The molecule has 7 heteroatoms. The fourth-order valence-electron chi connectivity index (χ4n) is 2.32. The molecule has 0 radical (unpaired) electrons. The maximum absolute atomic E-state index is 6.08. The van der Waals surface area contributed by atoms with Crippen LogP contribution >= 0.6 is 40.7 Å². The van der Waals surface area contributed by atoms with Crippen LogP contribution in [0.2, 0.25) is 0 Å². The lowest BCUT2D eigenvalue weighted by molar-refractivity contribution is 0.280. The quantitative estimate of drug-likeness (QED) is 0.551. The van der Waals surface area contributed by atoms with Crippen molar-refractivity contribution in [3.05, 3.63) is 58.1 Å². The normalized spacial score (nSPS) is 10.0. The molecule has 0 saturated heterocycles. The molecule has 0 fully saturated rings. The molecule has 0 unspecified atom stereocenters. The first-order valence-corrected chi connectivity index (χ1v) is 8.78. The van der Waals surface area contributed by atoms with E-state index in [0.717, 1.165) is 46.7 Å². The van der Waals surface area contributed by atoms with Gasteiger partial charge in [0.1, 0.15) is 6.61 Å². The number of methoxy groups -OCH3 is 1. The van der Waals surface area contributed by atoms with E-state index in [0.29, 0.717) is 6.61 Å². The van der Waals surface area contributed by atoms with Crippen LogP contribution < -0.4 is 14.8 Å². The number of hydrogen-bond donors (Lipinski definition) is 1. The number of halogens is 3. The smallest absolute Gasteiger partial charge is 0.166 e. The van der Waals surface area contributed by atoms with Gasteiger partial charge in [0.05, 0.1) is 7.11 Å². The van der Waals surface area contributed by atoms with Gasteiger partial charge in [0.25, 0.3) is 0 Å². The van der Waals surface area contributed by atoms with E-state index in [1.54, 1.807) is 7.11 Å². The average molecular weight is 466 g/mol. The highest BCUT2D eigenvalue weighted by molar-refractivity contribution is 9.10. The Labute approximate surface area is 177 Å². The summed E-state index contributed by atoms with van der Waals surface area (Å²) in [5, 5.41) is 3.45. The molecule has 0 heterocycles. The van der Waals surface area contributed by atoms with E-state index >= 15 is 0 Å². The predicted octanol–water partition coefficient (Wildman–Crippen LogP) is 4.53. The minimum absolute atomic E-state index is 0. The maximum atomic E-state index is 6.08. The van der Waals surface area contributed by atoms with Gasteiger partial charge in [-0.15, -0.1) is 24.8 Å². The molecule has 0 bridgehead atoms. The zero-order valence-electron chi connectivity index (χ0n) is 15.3.